The molecule has 262 valence electrons. The molecule has 2 aromatic heterocycles. The predicted molar refractivity (Wildman–Crippen MR) is 232 cm³/mol. The first-order chi connectivity index (χ1) is 27.2. The lowest BCUT2D eigenvalue weighted by atomic mass is 9.68. The fourth-order valence-electron chi connectivity index (χ4n) is 9.52. The molecule has 5 heterocycles. The first kappa shape index (κ1) is 31.4. The SMILES string of the molecule is C/C(=C\C=N)C1(C2=[N+]=CC=C2)c2ccccc2-c2cc3c(cc21)c1ccccc1n3-c1ccc(-c2ccc(-n3c4c(c5c3NCC=C5)NCC=C4)cc2)cc1. The highest BCUT2D eigenvalue weighted by Gasteiger charge is 2.53. The van der Waals surface area contributed by atoms with Crippen LogP contribution in [0.5, 0.6) is 0 Å². The van der Waals surface area contributed by atoms with Crippen molar-refractivity contribution < 1.29 is 0 Å². The number of aromatic nitrogens is 2. The van der Waals surface area contributed by atoms with E-state index in [-0.39, 0.29) is 0 Å². The quantitative estimate of drug-likeness (QED) is 0.119. The number of hydrogen-bond donors (Lipinski definition) is 3. The normalized spacial score (nSPS) is 17.5. The van der Waals surface area contributed by atoms with Crippen LogP contribution >= 0.6 is 0 Å². The second kappa shape index (κ2) is 11.9. The van der Waals surface area contributed by atoms with Gasteiger partial charge in [0.05, 0.1) is 22.4 Å². The van der Waals surface area contributed by atoms with Gasteiger partial charge >= 0.3 is 5.71 Å². The molecule has 1 atom stereocenters. The maximum absolute atomic E-state index is 8.05. The number of benzene rings is 5. The molecule has 0 bridgehead atoms. The highest BCUT2D eigenvalue weighted by molar-refractivity contribution is 6.19. The largest absolute Gasteiger partial charge is 0.379 e. The molecule has 0 fully saturated rings. The molecule has 0 saturated carbocycles. The second-order valence-electron chi connectivity index (χ2n) is 14.6. The zero-order valence-corrected chi connectivity index (χ0v) is 30.3. The lowest BCUT2D eigenvalue weighted by molar-refractivity contribution is 0.836. The Bertz CT molecular complexity index is 2970. The summed E-state index contributed by atoms with van der Waals surface area (Å²) >= 11 is 0. The molecule has 0 amide bonds. The lowest BCUT2D eigenvalue weighted by Crippen LogP contribution is -2.36. The van der Waals surface area contributed by atoms with Crippen molar-refractivity contribution in [3.05, 3.63) is 168 Å². The fourth-order valence-corrected chi connectivity index (χ4v) is 9.52. The van der Waals surface area contributed by atoms with Crippen LogP contribution in [0, 0.1) is 5.41 Å². The summed E-state index contributed by atoms with van der Waals surface area (Å²) in [5.41, 5.74) is 16.8. The number of fused-ring (bicyclic) bond motifs is 9. The summed E-state index contributed by atoms with van der Waals surface area (Å²) in [6, 6.07) is 40.1. The van der Waals surface area contributed by atoms with E-state index in [1.54, 1.807) is 0 Å². The van der Waals surface area contributed by atoms with Gasteiger partial charge in [-0.25, -0.2) is 0 Å². The van der Waals surface area contributed by atoms with Gasteiger partial charge in [0.2, 0.25) is 0 Å². The Hall–Kier alpha value is -7.14. The number of nitrogens with one attached hydrogen (secondary N) is 3. The van der Waals surface area contributed by atoms with Gasteiger partial charge in [-0.2, -0.15) is 0 Å². The fraction of sp³-hybridized carbons (Fsp3) is 0.0816. The third-order valence-corrected chi connectivity index (χ3v) is 11.9. The molecule has 0 spiro atoms. The van der Waals surface area contributed by atoms with Crippen LogP contribution in [0.2, 0.25) is 0 Å². The highest BCUT2D eigenvalue weighted by atomic mass is 15.2. The van der Waals surface area contributed by atoms with E-state index in [9.17, 15) is 0 Å². The molecule has 5 aromatic carbocycles. The van der Waals surface area contributed by atoms with Crippen LogP contribution in [0.3, 0.4) is 0 Å². The van der Waals surface area contributed by atoms with Crippen LogP contribution in [-0.4, -0.2) is 40.4 Å². The minimum absolute atomic E-state index is 0.594. The average molecular weight is 710 g/mol. The molecule has 6 nitrogen and oxygen atoms in total. The minimum Gasteiger partial charge on any atom is -0.379 e. The van der Waals surface area contributed by atoms with E-state index < -0.39 is 5.41 Å². The smallest absolute Gasteiger partial charge is 0.323 e. The van der Waals surface area contributed by atoms with Crippen molar-refractivity contribution in [2.45, 2.75) is 12.3 Å². The maximum atomic E-state index is 8.05. The monoisotopic (exact) mass is 709 g/mol. The number of anilines is 2. The van der Waals surface area contributed by atoms with Crippen molar-refractivity contribution in [2.24, 2.45) is 0 Å². The first-order valence-electron chi connectivity index (χ1n) is 18.9. The first-order valence-corrected chi connectivity index (χ1v) is 18.9. The Morgan fingerprint density at radius 1 is 0.709 bits per heavy atom. The average Bonchev–Trinajstić information content (AvgIpc) is 4.02. The van der Waals surface area contributed by atoms with E-state index in [0.29, 0.717) is 0 Å². The van der Waals surface area contributed by atoms with Crippen LogP contribution in [0.1, 0.15) is 29.3 Å². The van der Waals surface area contributed by atoms with Crippen molar-refractivity contribution in [3.8, 4) is 33.6 Å². The summed E-state index contributed by atoms with van der Waals surface area (Å²) in [6.07, 6.45) is 18.1. The van der Waals surface area contributed by atoms with Crippen molar-refractivity contribution >= 4 is 63.6 Å². The van der Waals surface area contributed by atoms with Gasteiger partial charge in [0.15, 0.2) is 0 Å². The van der Waals surface area contributed by atoms with E-state index in [2.05, 4.69) is 166 Å². The van der Waals surface area contributed by atoms with Crippen LogP contribution in [0.4, 0.5) is 11.5 Å². The standard InChI is InChI=1S/C49H37N6/c1-31(24-25-50)49(46-15-8-26-51-46)41-12-4-2-9-36(41)39-30-45-40(29-42(39)49)37-10-3-5-13-43(37)54(45)34-20-16-32(17-21-34)33-18-22-35(23-19-33)55-44-14-7-27-52-47(44)38-11-6-28-53-48(38)55/h2-26,29-30,50,52-53H,27-28H2,1H3/q+1/b31-24+,50-25?. The van der Waals surface area contributed by atoms with Gasteiger partial charge in [0.25, 0.3) is 6.21 Å². The van der Waals surface area contributed by atoms with Crippen LogP contribution < -0.4 is 15.3 Å². The van der Waals surface area contributed by atoms with E-state index in [1.807, 2.05) is 18.4 Å². The molecule has 55 heavy (non-hydrogen) atoms. The Balaban J connectivity index is 1.03. The van der Waals surface area contributed by atoms with Gasteiger partial charge in [-0.15, -0.1) is 0 Å². The van der Waals surface area contributed by atoms with Crippen LogP contribution in [-0.2, 0) is 5.41 Å². The zero-order valence-electron chi connectivity index (χ0n) is 30.3. The van der Waals surface area contributed by atoms with E-state index >= 15 is 0 Å². The van der Waals surface area contributed by atoms with Gasteiger partial charge in [-0.3, -0.25) is 4.57 Å². The van der Waals surface area contributed by atoms with Gasteiger partial charge in [0.1, 0.15) is 11.2 Å². The minimum atomic E-state index is -0.594. The molecule has 4 aliphatic rings. The molecule has 11 rings (SSSR count). The summed E-state index contributed by atoms with van der Waals surface area (Å²) in [5.74, 6) is 1.13. The third kappa shape index (κ3) is 4.37. The number of nitrogens with zero attached hydrogens (tertiary/aromatic N) is 3. The van der Waals surface area contributed by atoms with Crippen LogP contribution in [0.15, 0.2) is 145 Å². The number of rotatable bonds is 6. The molecule has 6 heteroatoms. The number of allylic oxidation sites excluding steroid dienone is 4. The van der Waals surface area contributed by atoms with Gasteiger partial charge < -0.3 is 20.6 Å². The molecule has 1 unspecified atom stereocenters. The van der Waals surface area contributed by atoms with E-state index in [0.717, 1.165) is 47.1 Å². The summed E-state index contributed by atoms with van der Waals surface area (Å²) < 4.78 is 9.65. The van der Waals surface area contributed by atoms with Gasteiger partial charge in [-0.1, -0.05) is 89.6 Å². The maximum Gasteiger partial charge on any atom is 0.323 e. The molecular formula is C49H37N6+. The van der Waals surface area contributed by atoms with E-state index in [1.165, 1.54) is 72.8 Å². The summed E-state index contributed by atoms with van der Waals surface area (Å²) in [6.45, 7) is 3.80. The third-order valence-electron chi connectivity index (χ3n) is 11.9. The highest BCUT2D eigenvalue weighted by Crippen LogP contribution is 2.55. The molecule has 1 aliphatic carbocycles. The van der Waals surface area contributed by atoms with Crippen LogP contribution in [0.25, 0.3) is 67.6 Å². The molecule has 0 radical (unpaired) electrons. The Morgan fingerprint density at radius 3 is 2.22 bits per heavy atom. The molecule has 3 aliphatic heterocycles. The summed E-state index contributed by atoms with van der Waals surface area (Å²) in [7, 11) is 0. The van der Waals surface area contributed by atoms with Crippen molar-refractivity contribution in [2.75, 3.05) is 23.7 Å². The predicted octanol–water partition coefficient (Wildman–Crippen LogP) is 10.1. The number of hydrogen-bond acceptors (Lipinski definition) is 3. The van der Waals surface area contributed by atoms with Gasteiger partial charge in [-0.05, 0) is 100 Å². The zero-order chi connectivity index (χ0) is 36.7. The van der Waals surface area contributed by atoms with Crippen molar-refractivity contribution in [3.63, 3.8) is 0 Å². The Morgan fingerprint density at radius 2 is 1.44 bits per heavy atom. The number of para-hydroxylation sites is 1. The molecule has 7 aromatic rings. The topological polar surface area (TPSA) is 71.9 Å². The summed E-state index contributed by atoms with van der Waals surface area (Å²) in [5, 5.41) is 17.6. The van der Waals surface area contributed by atoms with Crippen molar-refractivity contribution in [1.82, 2.24) is 13.8 Å². The van der Waals surface area contributed by atoms with Crippen molar-refractivity contribution in [1.29, 1.82) is 5.41 Å². The Kier molecular flexibility index (Phi) is 6.81. The Labute approximate surface area is 319 Å². The second-order valence-corrected chi connectivity index (χ2v) is 14.6. The molecule has 0 saturated heterocycles. The van der Waals surface area contributed by atoms with Gasteiger partial charge in [0, 0.05) is 59.2 Å². The molecule has 3 N–H and O–H groups in total. The lowest BCUT2D eigenvalue weighted by Gasteiger charge is -2.27. The molecular weight excluding hydrogens is 673 g/mol. The summed E-state index contributed by atoms with van der Waals surface area (Å²) in [4.78, 5) is 0. The van der Waals surface area contributed by atoms with E-state index in [4.69, 9.17) is 10.1 Å².